The van der Waals surface area contributed by atoms with Crippen molar-refractivity contribution in [3.8, 4) is 0 Å². The highest BCUT2D eigenvalue weighted by atomic mass is 79.9. The lowest BCUT2D eigenvalue weighted by Crippen LogP contribution is -2.34. The molecule has 2 N–H and O–H groups in total. The molecule has 2 aromatic rings. The number of benzene rings is 1. The Morgan fingerprint density at radius 1 is 1.24 bits per heavy atom. The van der Waals surface area contributed by atoms with Crippen LogP contribution in [0.4, 0.5) is 5.82 Å². The second-order valence-corrected chi connectivity index (χ2v) is 5.88. The Bertz CT molecular complexity index is 691. The van der Waals surface area contributed by atoms with Crippen molar-refractivity contribution in [1.29, 1.82) is 0 Å². The Morgan fingerprint density at radius 3 is 2.52 bits per heavy atom. The van der Waals surface area contributed by atoms with E-state index in [2.05, 4.69) is 31.5 Å². The summed E-state index contributed by atoms with van der Waals surface area (Å²) in [5, 5.41) is 6.20. The van der Waals surface area contributed by atoms with E-state index in [1.54, 1.807) is 30.3 Å². The fraction of sp³-hybridized carbons (Fsp3) is 0.0714. The molecule has 1 aromatic carbocycles. The van der Waals surface area contributed by atoms with Crippen LogP contribution in [0.1, 0.15) is 16.1 Å². The number of nitrogens with zero attached hydrogens (tertiary/aromatic N) is 1. The van der Waals surface area contributed by atoms with Crippen LogP contribution < -0.4 is 10.6 Å². The Labute approximate surface area is 141 Å². The number of pyridine rings is 1. The topological polar surface area (TPSA) is 54.0 Å². The van der Waals surface area contributed by atoms with Crippen molar-refractivity contribution in [2.24, 2.45) is 0 Å². The second-order valence-electron chi connectivity index (χ2n) is 4.18. The van der Waals surface area contributed by atoms with Gasteiger partial charge in [0.05, 0.1) is 5.69 Å². The van der Waals surface area contributed by atoms with Crippen molar-refractivity contribution in [3.05, 3.63) is 57.2 Å². The van der Waals surface area contributed by atoms with Gasteiger partial charge >= 0.3 is 0 Å². The molecule has 1 aromatic heterocycles. The molecule has 1 heterocycles. The quantitative estimate of drug-likeness (QED) is 0.770. The predicted molar refractivity (Wildman–Crippen MR) is 91.8 cm³/mol. The molecule has 0 atom stereocenters. The molecule has 0 fully saturated rings. The van der Waals surface area contributed by atoms with E-state index >= 15 is 0 Å². The Kier molecular flexibility index (Phi) is 5.27. The van der Waals surface area contributed by atoms with Gasteiger partial charge in [0, 0.05) is 15.1 Å². The summed E-state index contributed by atoms with van der Waals surface area (Å²) in [6.45, 7) is 1.87. The minimum absolute atomic E-state index is 0.184. The number of amides is 1. The van der Waals surface area contributed by atoms with E-state index in [-0.39, 0.29) is 11.0 Å². The lowest BCUT2D eigenvalue weighted by molar-refractivity contribution is 0.0978. The van der Waals surface area contributed by atoms with Crippen LogP contribution in [0.3, 0.4) is 0 Å². The van der Waals surface area contributed by atoms with E-state index in [0.717, 1.165) is 10.2 Å². The number of aryl methyl sites for hydroxylation is 1. The third-order valence-electron chi connectivity index (χ3n) is 2.60. The molecule has 108 valence electrons. The van der Waals surface area contributed by atoms with Gasteiger partial charge in [-0.3, -0.25) is 10.1 Å². The largest absolute Gasteiger partial charge is 0.317 e. The van der Waals surface area contributed by atoms with Crippen LogP contribution in [-0.2, 0) is 0 Å². The van der Waals surface area contributed by atoms with Gasteiger partial charge in [0.2, 0.25) is 0 Å². The number of rotatable bonds is 2. The van der Waals surface area contributed by atoms with Crippen LogP contribution in [0.2, 0.25) is 5.02 Å². The number of hydrogen-bond donors (Lipinski definition) is 2. The maximum atomic E-state index is 12.0. The molecule has 0 aliphatic rings. The summed E-state index contributed by atoms with van der Waals surface area (Å²) in [7, 11) is 0. The molecule has 0 radical (unpaired) electrons. The van der Waals surface area contributed by atoms with Gasteiger partial charge < -0.3 is 5.32 Å². The summed E-state index contributed by atoms with van der Waals surface area (Å²) >= 11 is 14.2. The van der Waals surface area contributed by atoms with Crippen LogP contribution in [0.15, 0.2) is 40.9 Å². The Balaban J connectivity index is 1.99. The molecule has 0 aliphatic carbocycles. The van der Waals surface area contributed by atoms with Crippen molar-refractivity contribution in [2.45, 2.75) is 6.92 Å². The average molecular weight is 385 g/mol. The third-order valence-corrected chi connectivity index (χ3v) is 3.89. The summed E-state index contributed by atoms with van der Waals surface area (Å²) in [4.78, 5) is 16.3. The summed E-state index contributed by atoms with van der Waals surface area (Å²) < 4.78 is 0.907. The van der Waals surface area contributed by atoms with E-state index in [4.69, 9.17) is 23.8 Å². The summed E-state index contributed by atoms with van der Waals surface area (Å²) in [5.74, 6) is 0.259. The van der Waals surface area contributed by atoms with E-state index < -0.39 is 0 Å². The fourth-order valence-electron chi connectivity index (χ4n) is 1.54. The number of aromatic nitrogens is 1. The average Bonchev–Trinajstić information content (AvgIpc) is 2.43. The number of carbonyl (C=O) groups is 1. The van der Waals surface area contributed by atoms with E-state index in [0.29, 0.717) is 16.4 Å². The first-order valence-electron chi connectivity index (χ1n) is 5.97. The zero-order valence-electron chi connectivity index (χ0n) is 11.0. The Morgan fingerprint density at radius 2 is 1.90 bits per heavy atom. The van der Waals surface area contributed by atoms with Crippen molar-refractivity contribution in [2.75, 3.05) is 5.32 Å². The van der Waals surface area contributed by atoms with Gasteiger partial charge in [-0.05, 0) is 71.5 Å². The summed E-state index contributed by atoms with van der Waals surface area (Å²) in [5.41, 5.74) is 1.30. The zero-order valence-corrected chi connectivity index (χ0v) is 14.1. The highest BCUT2D eigenvalue weighted by molar-refractivity contribution is 9.10. The molecule has 0 saturated heterocycles. The maximum Gasteiger partial charge on any atom is 0.257 e. The first-order valence-corrected chi connectivity index (χ1v) is 7.54. The number of thiocarbonyl (C=S) groups is 1. The molecule has 0 aliphatic heterocycles. The van der Waals surface area contributed by atoms with Crippen molar-refractivity contribution in [3.63, 3.8) is 0 Å². The zero-order chi connectivity index (χ0) is 15.4. The van der Waals surface area contributed by atoms with Gasteiger partial charge in [0.1, 0.15) is 5.82 Å². The first-order chi connectivity index (χ1) is 9.95. The van der Waals surface area contributed by atoms with Gasteiger partial charge in [-0.1, -0.05) is 11.6 Å². The highest BCUT2D eigenvalue weighted by Crippen LogP contribution is 2.16. The number of anilines is 1. The molecular weight excluding hydrogens is 374 g/mol. The number of nitrogens with one attached hydrogen (secondary N) is 2. The van der Waals surface area contributed by atoms with Gasteiger partial charge in [-0.25, -0.2) is 4.98 Å². The van der Waals surface area contributed by atoms with Crippen molar-refractivity contribution < 1.29 is 4.79 Å². The van der Waals surface area contributed by atoms with Crippen LogP contribution in [0.5, 0.6) is 0 Å². The van der Waals surface area contributed by atoms with Gasteiger partial charge in [-0.15, -0.1) is 0 Å². The molecular formula is C14H11BrClN3OS. The number of carbonyl (C=O) groups excluding carboxylic acids is 1. The number of hydrogen-bond acceptors (Lipinski definition) is 3. The summed E-state index contributed by atoms with van der Waals surface area (Å²) in [6.07, 6.45) is 0. The minimum atomic E-state index is -0.307. The van der Waals surface area contributed by atoms with Crippen LogP contribution >= 0.6 is 39.7 Å². The highest BCUT2D eigenvalue weighted by Gasteiger charge is 2.08. The van der Waals surface area contributed by atoms with Crippen LogP contribution in [0, 0.1) is 6.92 Å². The van der Waals surface area contributed by atoms with Crippen LogP contribution in [0.25, 0.3) is 0 Å². The standard InChI is InChI=1S/C14H11BrClN3OS/c1-8-11(15)6-7-12(17-8)18-14(21)19-13(20)9-2-4-10(16)5-3-9/h2-7H,1H3,(H2,17,18,19,20,21). The molecule has 0 bridgehead atoms. The lowest BCUT2D eigenvalue weighted by atomic mass is 10.2. The normalized spacial score (nSPS) is 10.0. The van der Waals surface area contributed by atoms with Gasteiger partial charge in [0.15, 0.2) is 5.11 Å². The van der Waals surface area contributed by atoms with Gasteiger partial charge in [-0.2, -0.15) is 0 Å². The fourth-order valence-corrected chi connectivity index (χ4v) is 2.08. The van der Waals surface area contributed by atoms with Crippen molar-refractivity contribution >= 4 is 56.6 Å². The number of halogens is 2. The molecule has 4 nitrogen and oxygen atoms in total. The molecule has 2 rings (SSSR count). The molecule has 1 amide bonds. The minimum Gasteiger partial charge on any atom is -0.317 e. The molecule has 0 saturated carbocycles. The van der Waals surface area contributed by atoms with Gasteiger partial charge in [0.25, 0.3) is 5.91 Å². The van der Waals surface area contributed by atoms with Crippen LogP contribution in [-0.4, -0.2) is 16.0 Å². The smallest absolute Gasteiger partial charge is 0.257 e. The molecule has 0 spiro atoms. The van der Waals surface area contributed by atoms with E-state index in [1.807, 2.05) is 13.0 Å². The summed E-state index contributed by atoms with van der Waals surface area (Å²) in [6, 6.07) is 10.2. The third kappa shape index (κ3) is 4.49. The van der Waals surface area contributed by atoms with Crippen molar-refractivity contribution in [1.82, 2.24) is 10.3 Å². The lowest BCUT2D eigenvalue weighted by Gasteiger charge is -2.10. The second kappa shape index (κ2) is 6.98. The molecule has 21 heavy (non-hydrogen) atoms. The monoisotopic (exact) mass is 383 g/mol. The Hall–Kier alpha value is -1.50. The van der Waals surface area contributed by atoms with E-state index in [1.165, 1.54) is 0 Å². The molecule has 7 heteroatoms. The first kappa shape index (κ1) is 15.9. The SMILES string of the molecule is Cc1nc(NC(=S)NC(=O)c2ccc(Cl)cc2)ccc1Br. The molecule has 0 unspecified atom stereocenters. The maximum absolute atomic E-state index is 12.0. The van der Waals surface area contributed by atoms with E-state index in [9.17, 15) is 4.79 Å². The predicted octanol–water partition coefficient (Wildman–Crippen LogP) is 3.93.